The van der Waals surface area contributed by atoms with Crippen molar-refractivity contribution in [3.8, 4) is 11.5 Å². The summed E-state index contributed by atoms with van der Waals surface area (Å²) < 4.78 is 15.9. The number of nitrogens with zero attached hydrogens (tertiary/aromatic N) is 1. The summed E-state index contributed by atoms with van der Waals surface area (Å²) in [4.78, 5) is 16.7. The van der Waals surface area contributed by atoms with Gasteiger partial charge in [0.1, 0.15) is 6.10 Å². The van der Waals surface area contributed by atoms with Crippen LogP contribution in [0.25, 0.3) is 10.8 Å². The smallest absolute Gasteiger partial charge is 0.340 e. The fourth-order valence-corrected chi connectivity index (χ4v) is 2.97. The number of aliphatic hydroxyl groups excluding tert-OH is 1. The molecule has 0 spiro atoms. The van der Waals surface area contributed by atoms with E-state index in [9.17, 15) is 9.90 Å². The van der Waals surface area contributed by atoms with Gasteiger partial charge in [0.15, 0.2) is 11.5 Å². The first-order chi connectivity index (χ1) is 13.1. The lowest BCUT2D eigenvalue weighted by Crippen LogP contribution is -2.10. The molecule has 1 atom stereocenters. The van der Waals surface area contributed by atoms with Gasteiger partial charge in [-0.15, -0.1) is 0 Å². The van der Waals surface area contributed by atoms with Gasteiger partial charge in [-0.05, 0) is 24.6 Å². The number of hydrogen-bond acceptors (Lipinski definition) is 6. The highest BCUT2D eigenvalue weighted by molar-refractivity contribution is 6.06. The lowest BCUT2D eigenvalue weighted by Gasteiger charge is -2.17. The summed E-state index contributed by atoms with van der Waals surface area (Å²) in [6, 6.07) is 12.6. The third-order valence-corrected chi connectivity index (χ3v) is 4.29. The second-order valence-electron chi connectivity index (χ2n) is 5.84. The first kappa shape index (κ1) is 18.7. The minimum atomic E-state index is -0.956. The molecular formula is C21H21NO5. The second-order valence-corrected chi connectivity index (χ2v) is 5.84. The molecule has 0 aliphatic heterocycles. The maximum Gasteiger partial charge on any atom is 0.340 e. The number of pyridine rings is 1. The maximum atomic E-state index is 12.4. The van der Waals surface area contributed by atoms with Crippen molar-refractivity contribution in [3.63, 3.8) is 0 Å². The van der Waals surface area contributed by atoms with Gasteiger partial charge in [0.05, 0.1) is 32.1 Å². The Labute approximate surface area is 157 Å². The number of ether oxygens (including phenoxy) is 3. The van der Waals surface area contributed by atoms with Gasteiger partial charge in [0, 0.05) is 17.0 Å². The van der Waals surface area contributed by atoms with Crippen LogP contribution in [0.4, 0.5) is 0 Å². The van der Waals surface area contributed by atoms with E-state index in [0.717, 1.165) is 0 Å². The summed E-state index contributed by atoms with van der Waals surface area (Å²) in [5.41, 5.74) is 1.42. The average Bonchev–Trinajstić information content (AvgIpc) is 2.72. The normalized spacial score (nSPS) is 11.9. The summed E-state index contributed by atoms with van der Waals surface area (Å²) in [5.74, 6) is 0.471. The molecule has 0 aliphatic rings. The van der Waals surface area contributed by atoms with Crippen molar-refractivity contribution in [2.75, 3.05) is 20.8 Å². The van der Waals surface area contributed by atoms with Crippen LogP contribution in [0.15, 0.2) is 48.7 Å². The fraction of sp³-hybridized carbons (Fsp3) is 0.238. The molecule has 0 fully saturated rings. The van der Waals surface area contributed by atoms with Crippen LogP contribution in [-0.2, 0) is 4.74 Å². The lowest BCUT2D eigenvalue weighted by atomic mass is 9.98. The fourth-order valence-electron chi connectivity index (χ4n) is 2.97. The molecule has 0 aliphatic carbocycles. The number of carbonyl (C=O) groups is 1. The van der Waals surface area contributed by atoms with E-state index in [-0.39, 0.29) is 6.61 Å². The molecule has 6 heteroatoms. The topological polar surface area (TPSA) is 77.9 Å². The first-order valence-electron chi connectivity index (χ1n) is 8.55. The van der Waals surface area contributed by atoms with Gasteiger partial charge in [-0.1, -0.05) is 30.3 Å². The van der Waals surface area contributed by atoms with Gasteiger partial charge in [-0.25, -0.2) is 4.79 Å². The highest BCUT2D eigenvalue weighted by atomic mass is 16.5. The largest absolute Gasteiger partial charge is 0.493 e. The Morgan fingerprint density at radius 3 is 2.30 bits per heavy atom. The van der Waals surface area contributed by atoms with Crippen LogP contribution in [0.2, 0.25) is 0 Å². The van der Waals surface area contributed by atoms with Gasteiger partial charge in [0.25, 0.3) is 0 Å². The van der Waals surface area contributed by atoms with Crippen molar-refractivity contribution in [3.05, 3.63) is 65.5 Å². The molecule has 1 N–H and O–H groups in total. The minimum Gasteiger partial charge on any atom is -0.493 e. The monoisotopic (exact) mass is 367 g/mol. The molecule has 140 valence electrons. The van der Waals surface area contributed by atoms with Crippen LogP contribution in [0.1, 0.15) is 34.6 Å². The Balaban J connectivity index is 2.26. The van der Waals surface area contributed by atoms with Crippen molar-refractivity contribution >= 4 is 16.7 Å². The molecule has 1 unspecified atom stereocenters. The highest BCUT2D eigenvalue weighted by Gasteiger charge is 2.22. The lowest BCUT2D eigenvalue weighted by molar-refractivity contribution is 0.0528. The van der Waals surface area contributed by atoms with Gasteiger partial charge in [-0.2, -0.15) is 0 Å². The minimum absolute atomic E-state index is 0.252. The molecule has 3 aromatic rings. The number of aliphatic hydroxyl groups is 1. The molecule has 27 heavy (non-hydrogen) atoms. The first-order valence-corrected chi connectivity index (χ1v) is 8.55. The SMILES string of the molecule is CCOC(=O)c1cnc(C(O)c2ccccc2)c2cc(OC)c(OC)cc12. The van der Waals surface area contributed by atoms with E-state index in [1.54, 1.807) is 19.1 Å². The molecule has 0 saturated carbocycles. The number of methoxy groups -OCH3 is 2. The number of carbonyl (C=O) groups excluding carboxylic acids is 1. The molecule has 6 nitrogen and oxygen atoms in total. The number of fused-ring (bicyclic) bond motifs is 1. The number of rotatable bonds is 6. The zero-order valence-corrected chi connectivity index (χ0v) is 15.4. The third kappa shape index (κ3) is 3.57. The molecule has 0 radical (unpaired) electrons. The van der Waals surface area contributed by atoms with Crippen LogP contribution in [0.3, 0.4) is 0 Å². The maximum absolute atomic E-state index is 12.4. The average molecular weight is 367 g/mol. The van der Waals surface area contributed by atoms with E-state index < -0.39 is 12.1 Å². The number of hydrogen-bond donors (Lipinski definition) is 1. The van der Waals surface area contributed by atoms with Gasteiger partial charge >= 0.3 is 5.97 Å². The summed E-state index contributed by atoms with van der Waals surface area (Å²) in [5, 5.41) is 12.0. The second kappa shape index (κ2) is 8.05. The van der Waals surface area contributed by atoms with E-state index in [0.29, 0.717) is 39.1 Å². The Hall–Kier alpha value is -3.12. The van der Waals surface area contributed by atoms with Crippen LogP contribution < -0.4 is 9.47 Å². The van der Waals surface area contributed by atoms with E-state index in [1.807, 2.05) is 30.3 Å². The zero-order valence-electron chi connectivity index (χ0n) is 15.4. The highest BCUT2D eigenvalue weighted by Crippen LogP contribution is 2.37. The molecule has 0 saturated heterocycles. The molecule has 0 bridgehead atoms. The third-order valence-electron chi connectivity index (χ3n) is 4.29. The summed E-state index contributed by atoms with van der Waals surface area (Å²) >= 11 is 0. The Kier molecular flexibility index (Phi) is 5.57. The van der Waals surface area contributed by atoms with Crippen LogP contribution in [-0.4, -0.2) is 36.9 Å². The van der Waals surface area contributed by atoms with Crippen LogP contribution in [0, 0.1) is 0 Å². The van der Waals surface area contributed by atoms with Crippen molar-refractivity contribution < 1.29 is 24.1 Å². The number of esters is 1. The van der Waals surface area contributed by atoms with Crippen LogP contribution >= 0.6 is 0 Å². The molecule has 3 rings (SSSR count). The van der Waals surface area contributed by atoms with Gasteiger partial charge < -0.3 is 19.3 Å². The Bertz CT molecular complexity index is 956. The van der Waals surface area contributed by atoms with E-state index >= 15 is 0 Å². The molecule has 2 aromatic carbocycles. The van der Waals surface area contributed by atoms with Crippen molar-refractivity contribution in [1.29, 1.82) is 0 Å². The van der Waals surface area contributed by atoms with Crippen molar-refractivity contribution in [2.45, 2.75) is 13.0 Å². The Morgan fingerprint density at radius 2 is 1.70 bits per heavy atom. The molecule has 0 amide bonds. The molecule has 1 heterocycles. The summed E-state index contributed by atoms with van der Waals surface area (Å²) in [6.07, 6.45) is 0.469. The number of benzene rings is 2. The number of aromatic nitrogens is 1. The van der Waals surface area contributed by atoms with E-state index in [2.05, 4.69) is 4.98 Å². The predicted molar refractivity (Wildman–Crippen MR) is 101 cm³/mol. The standard InChI is InChI=1S/C21H21NO5/c1-4-27-21(24)16-12-22-19(20(23)13-8-6-5-7-9-13)15-11-18(26-3)17(25-2)10-14(15)16/h5-12,20,23H,4H2,1-3H3. The van der Waals surface area contributed by atoms with Crippen molar-refractivity contribution in [1.82, 2.24) is 4.98 Å². The zero-order chi connectivity index (χ0) is 19.4. The molecule has 1 aromatic heterocycles. The van der Waals surface area contributed by atoms with E-state index in [4.69, 9.17) is 14.2 Å². The Morgan fingerprint density at radius 1 is 1.07 bits per heavy atom. The predicted octanol–water partition coefficient (Wildman–Crippen LogP) is 3.51. The van der Waals surface area contributed by atoms with Crippen molar-refractivity contribution in [2.24, 2.45) is 0 Å². The van der Waals surface area contributed by atoms with Crippen LogP contribution in [0.5, 0.6) is 11.5 Å². The quantitative estimate of drug-likeness (QED) is 0.672. The summed E-state index contributed by atoms with van der Waals surface area (Å²) in [7, 11) is 3.05. The van der Waals surface area contributed by atoms with Gasteiger partial charge in [-0.3, -0.25) is 4.98 Å². The molecular weight excluding hydrogens is 346 g/mol. The summed E-state index contributed by atoms with van der Waals surface area (Å²) in [6.45, 7) is 1.99. The van der Waals surface area contributed by atoms with Gasteiger partial charge in [0.2, 0.25) is 0 Å². The van der Waals surface area contributed by atoms with E-state index in [1.165, 1.54) is 20.4 Å².